The number of ether oxygens (including phenoxy) is 1. The number of nitrogens with zero attached hydrogens (tertiary/aromatic N) is 1. The Hall–Kier alpha value is -0.610. The van der Waals surface area contributed by atoms with Gasteiger partial charge in [0.15, 0.2) is 0 Å². The number of carbonyl (C=O) groups is 1. The summed E-state index contributed by atoms with van der Waals surface area (Å²) in [6.07, 6.45) is 2.15. The summed E-state index contributed by atoms with van der Waals surface area (Å²) < 4.78 is 5.62. The van der Waals surface area contributed by atoms with E-state index in [0.29, 0.717) is 12.5 Å². The molecule has 2 saturated heterocycles. The topological polar surface area (TPSA) is 41.6 Å². The molecule has 1 amide bonds. The van der Waals surface area contributed by atoms with Crippen LogP contribution in [0.5, 0.6) is 0 Å². The third-order valence-electron chi connectivity index (χ3n) is 3.38. The van der Waals surface area contributed by atoms with Crippen LogP contribution in [0.15, 0.2) is 0 Å². The summed E-state index contributed by atoms with van der Waals surface area (Å²) in [7, 11) is 0. The molecule has 4 heteroatoms. The molecule has 2 aliphatic heterocycles. The number of nitrogens with one attached hydrogen (secondary N) is 1. The summed E-state index contributed by atoms with van der Waals surface area (Å²) in [5.74, 6) is 0.492. The van der Waals surface area contributed by atoms with Crippen molar-refractivity contribution in [2.24, 2.45) is 5.92 Å². The Morgan fingerprint density at radius 2 is 2.31 bits per heavy atom. The minimum Gasteiger partial charge on any atom is -0.372 e. The maximum atomic E-state index is 12.3. The first-order valence-electron chi connectivity index (χ1n) is 6.22. The molecule has 0 aromatic heterocycles. The predicted molar refractivity (Wildman–Crippen MR) is 62.2 cm³/mol. The summed E-state index contributed by atoms with van der Waals surface area (Å²) in [6.45, 7) is 8.13. The van der Waals surface area contributed by atoms with Gasteiger partial charge in [0.25, 0.3) is 0 Å². The Morgan fingerprint density at radius 1 is 1.50 bits per heavy atom. The highest BCUT2D eigenvalue weighted by Gasteiger charge is 2.33. The zero-order valence-electron chi connectivity index (χ0n) is 10.3. The Bertz CT molecular complexity index is 260. The molecule has 1 N–H and O–H groups in total. The van der Waals surface area contributed by atoms with Crippen molar-refractivity contribution in [2.75, 3.05) is 32.8 Å². The normalized spacial score (nSPS) is 30.1. The van der Waals surface area contributed by atoms with Crippen LogP contribution in [-0.4, -0.2) is 49.2 Å². The van der Waals surface area contributed by atoms with E-state index in [2.05, 4.69) is 5.32 Å². The monoisotopic (exact) mass is 226 g/mol. The minimum atomic E-state index is -0.185. The van der Waals surface area contributed by atoms with Crippen molar-refractivity contribution in [3.8, 4) is 0 Å². The molecule has 16 heavy (non-hydrogen) atoms. The lowest BCUT2D eigenvalue weighted by Crippen LogP contribution is -2.53. The van der Waals surface area contributed by atoms with Gasteiger partial charge in [-0.1, -0.05) is 0 Å². The molecular weight excluding hydrogens is 204 g/mol. The van der Waals surface area contributed by atoms with E-state index >= 15 is 0 Å². The second-order valence-electron chi connectivity index (χ2n) is 5.41. The first-order chi connectivity index (χ1) is 7.58. The van der Waals surface area contributed by atoms with Crippen LogP contribution in [-0.2, 0) is 9.53 Å². The number of rotatable bonds is 1. The summed E-state index contributed by atoms with van der Waals surface area (Å²) >= 11 is 0. The summed E-state index contributed by atoms with van der Waals surface area (Å²) in [4.78, 5) is 14.2. The van der Waals surface area contributed by atoms with Crippen LogP contribution >= 0.6 is 0 Å². The van der Waals surface area contributed by atoms with Gasteiger partial charge in [-0.05, 0) is 33.2 Å². The van der Waals surface area contributed by atoms with Crippen molar-refractivity contribution in [3.05, 3.63) is 0 Å². The summed E-state index contributed by atoms with van der Waals surface area (Å²) in [5, 5.41) is 3.30. The van der Waals surface area contributed by atoms with Crippen LogP contribution in [0, 0.1) is 5.92 Å². The Kier molecular flexibility index (Phi) is 3.50. The van der Waals surface area contributed by atoms with E-state index in [-0.39, 0.29) is 11.5 Å². The Balaban J connectivity index is 1.93. The SMILES string of the molecule is CC1(C)CN(C(=O)C2CCCNC2)CCO1. The molecule has 0 bridgehead atoms. The molecule has 2 aliphatic rings. The highest BCUT2D eigenvalue weighted by Crippen LogP contribution is 2.20. The van der Waals surface area contributed by atoms with Gasteiger partial charge in [-0.2, -0.15) is 0 Å². The molecule has 4 nitrogen and oxygen atoms in total. The maximum absolute atomic E-state index is 12.3. The molecule has 0 radical (unpaired) electrons. The van der Waals surface area contributed by atoms with E-state index in [4.69, 9.17) is 4.74 Å². The molecule has 1 atom stereocenters. The molecule has 92 valence electrons. The number of carbonyl (C=O) groups excluding carboxylic acids is 1. The third-order valence-corrected chi connectivity index (χ3v) is 3.38. The van der Waals surface area contributed by atoms with Gasteiger partial charge in [0, 0.05) is 19.6 Å². The number of hydrogen-bond acceptors (Lipinski definition) is 3. The van der Waals surface area contributed by atoms with Gasteiger partial charge in [0.1, 0.15) is 0 Å². The van der Waals surface area contributed by atoms with E-state index in [0.717, 1.165) is 39.0 Å². The number of hydrogen-bond donors (Lipinski definition) is 1. The van der Waals surface area contributed by atoms with Crippen LogP contribution in [0.2, 0.25) is 0 Å². The molecule has 2 fully saturated rings. The molecule has 2 rings (SSSR count). The molecule has 2 heterocycles. The fourth-order valence-corrected chi connectivity index (χ4v) is 2.53. The lowest BCUT2D eigenvalue weighted by molar-refractivity contribution is -0.150. The van der Waals surface area contributed by atoms with Crippen LogP contribution < -0.4 is 5.32 Å². The zero-order valence-corrected chi connectivity index (χ0v) is 10.3. The Labute approximate surface area is 97.3 Å². The fraction of sp³-hybridized carbons (Fsp3) is 0.917. The number of amides is 1. The van der Waals surface area contributed by atoms with E-state index in [1.807, 2.05) is 18.7 Å². The molecule has 0 aromatic rings. The van der Waals surface area contributed by atoms with Crippen molar-refractivity contribution in [1.29, 1.82) is 0 Å². The van der Waals surface area contributed by atoms with E-state index in [1.54, 1.807) is 0 Å². The molecule has 1 unspecified atom stereocenters. The van der Waals surface area contributed by atoms with Gasteiger partial charge in [-0.15, -0.1) is 0 Å². The third kappa shape index (κ3) is 2.74. The van der Waals surface area contributed by atoms with Crippen LogP contribution in [0.3, 0.4) is 0 Å². The smallest absolute Gasteiger partial charge is 0.227 e. The van der Waals surface area contributed by atoms with Gasteiger partial charge in [-0.25, -0.2) is 0 Å². The summed E-state index contributed by atoms with van der Waals surface area (Å²) in [6, 6.07) is 0. The minimum absolute atomic E-state index is 0.183. The van der Waals surface area contributed by atoms with E-state index in [1.165, 1.54) is 0 Å². The van der Waals surface area contributed by atoms with Crippen molar-refractivity contribution in [2.45, 2.75) is 32.3 Å². The van der Waals surface area contributed by atoms with Gasteiger partial charge >= 0.3 is 0 Å². The lowest BCUT2D eigenvalue weighted by Gasteiger charge is -2.40. The average Bonchev–Trinajstić information content (AvgIpc) is 2.28. The second kappa shape index (κ2) is 4.72. The van der Waals surface area contributed by atoms with Gasteiger partial charge in [-0.3, -0.25) is 4.79 Å². The largest absolute Gasteiger partial charge is 0.372 e. The van der Waals surface area contributed by atoms with Crippen molar-refractivity contribution in [3.63, 3.8) is 0 Å². The number of morpholine rings is 1. The zero-order chi connectivity index (χ0) is 11.6. The molecule has 0 saturated carbocycles. The summed E-state index contributed by atoms with van der Waals surface area (Å²) in [5.41, 5.74) is -0.185. The molecule has 0 spiro atoms. The van der Waals surface area contributed by atoms with Crippen molar-refractivity contribution < 1.29 is 9.53 Å². The van der Waals surface area contributed by atoms with Crippen molar-refractivity contribution in [1.82, 2.24) is 10.2 Å². The second-order valence-corrected chi connectivity index (χ2v) is 5.41. The quantitative estimate of drug-likeness (QED) is 0.713. The number of piperidine rings is 1. The maximum Gasteiger partial charge on any atom is 0.227 e. The predicted octanol–water partition coefficient (Wildman–Crippen LogP) is 0.623. The van der Waals surface area contributed by atoms with Crippen LogP contribution in [0.1, 0.15) is 26.7 Å². The Morgan fingerprint density at radius 3 is 2.94 bits per heavy atom. The first kappa shape index (κ1) is 11.9. The van der Waals surface area contributed by atoms with Gasteiger partial charge in [0.2, 0.25) is 5.91 Å². The lowest BCUT2D eigenvalue weighted by atomic mass is 9.97. The standard InChI is InChI=1S/C12H22N2O2/c1-12(2)9-14(6-7-16-12)11(15)10-4-3-5-13-8-10/h10,13H,3-9H2,1-2H3. The van der Waals surface area contributed by atoms with Crippen molar-refractivity contribution >= 4 is 5.91 Å². The highest BCUT2D eigenvalue weighted by molar-refractivity contribution is 5.79. The highest BCUT2D eigenvalue weighted by atomic mass is 16.5. The van der Waals surface area contributed by atoms with Gasteiger partial charge < -0.3 is 15.0 Å². The van der Waals surface area contributed by atoms with Gasteiger partial charge in [0.05, 0.1) is 18.1 Å². The van der Waals surface area contributed by atoms with Crippen LogP contribution in [0.25, 0.3) is 0 Å². The average molecular weight is 226 g/mol. The molecule has 0 aromatic carbocycles. The fourth-order valence-electron chi connectivity index (χ4n) is 2.53. The molecule has 0 aliphatic carbocycles. The first-order valence-corrected chi connectivity index (χ1v) is 6.22. The van der Waals surface area contributed by atoms with Crippen LogP contribution in [0.4, 0.5) is 0 Å². The van der Waals surface area contributed by atoms with E-state index in [9.17, 15) is 4.79 Å². The molecular formula is C12H22N2O2. The van der Waals surface area contributed by atoms with E-state index < -0.39 is 0 Å².